The van der Waals surface area contributed by atoms with E-state index in [1.54, 1.807) is 32.7 Å². The predicted octanol–water partition coefficient (Wildman–Crippen LogP) is 5.35. The zero-order valence-corrected chi connectivity index (χ0v) is 27.9. The van der Waals surface area contributed by atoms with E-state index in [0.717, 1.165) is 55.1 Å². The number of benzene rings is 1. The number of piperazine rings is 1. The summed E-state index contributed by atoms with van der Waals surface area (Å²) in [6, 6.07) is 3.98. The van der Waals surface area contributed by atoms with Gasteiger partial charge in [-0.25, -0.2) is 18.4 Å². The average molecular weight is 656 g/mol. The number of amides is 3. The monoisotopic (exact) mass is 655 g/mol. The van der Waals surface area contributed by atoms with Gasteiger partial charge in [-0.2, -0.15) is 0 Å². The fourth-order valence-electron chi connectivity index (χ4n) is 7.88. The molecule has 256 valence electrons. The number of rotatable bonds is 4. The highest BCUT2D eigenvalue weighted by Crippen LogP contribution is 2.41. The van der Waals surface area contributed by atoms with E-state index in [9.17, 15) is 18.8 Å². The fourth-order valence-corrected chi connectivity index (χ4v) is 7.88. The minimum absolute atomic E-state index is 0.0727. The third-order valence-corrected chi connectivity index (χ3v) is 10.4. The van der Waals surface area contributed by atoms with Gasteiger partial charge in [-0.05, 0) is 76.3 Å². The summed E-state index contributed by atoms with van der Waals surface area (Å²) in [7, 11) is 1.65. The summed E-state index contributed by atoms with van der Waals surface area (Å²) >= 11 is 0. The van der Waals surface area contributed by atoms with Gasteiger partial charge in [0, 0.05) is 74.6 Å². The summed E-state index contributed by atoms with van der Waals surface area (Å²) < 4.78 is 41.0. The lowest BCUT2D eigenvalue weighted by atomic mass is 9.89. The van der Waals surface area contributed by atoms with Crippen molar-refractivity contribution in [3.05, 3.63) is 68.6 Å². The first-order chi connectivity index (χ1) is 22.3. The van der Waals surface area contributed by atoms with E-state index in [2.05, 4.69) is 9.88 Å². The maximum absolute atomic E-state index is 15.3. The van der Waals surface area contributed by atoms with Crippen LogP contribution < -0.4 is 5.56 Å². The van der Waals surface area contributed by atoms with Crippen molar-refractivity contribution in [2.75, 3.05) is 39.8 Å². The molecule has 12 heteroatoms. The molecule has 3 amide bonds. The number of piperidine rings is 1. The number of carbonyl (C=O) groups excluding carboxylic acids is 2. The Hall–Kier alpha value is -3.51. The molecule has 4 heterocycles. The number of H-pyrrole nitrogens is 1. The molecule has 2 atom stereocenters. The van der Waals surface area contributed by atoms with Crippen molar-refractivity contribution < 1.29 is 27.8 Å². The summed E-state index contributed by atoms with van der Waals surface area (Å²) in [6.45, 7) is 8.77. The molecule has 3 aliphatic heterocycles. The van der Waals surface area contributed by atoms with Crippen LogP contribution in [0.3, 0.4) is 0 Å². The van der Waals surface area contributed by atoms with Crippen LogP contribution in [0.25, 0.3) is 0 Å². The zero-order valence-electron chi connectivity index (χ0n) is 27.9. The smallest absolute Gasteiger partial charge is 0.410 e. The van der Waals surface area contributed by atoms with Crippen molar-refractivity contribution in [2.24, 2.45) is 0 Å². The highest BCUT2D eigenvalue weighted by Gasteiger charge is 2.47. The number of carbonyl (C=O) groups is 2. The molecule has 1 N–H and O–H groups in total. The molecule has 1 spiro atoms. The molecule has 3 fully saturated rings. The highest BCUT2D eigenvalue weighted by molar-refractivity contribution is 5.76. The van der Waals surface area contributed by atoms with Crippen LogP contribution in [-0.2, 0) is 29.0 Å². The second-order valence-electron chi connectivity index (χ2n) is 14.6. The standard InChI is InChI=1S/C35H47F2N5O5/c1-34(2,3)47-33(45)39(4)26-9-13-42(30(19-26)27-18-25(36)7-8-28(27)37)32(44)40-14-15-41(35(22-40)11-5-6-12-35)20-23-17-24-21-46-16-10-29(24)38-31(23)43/h7-8,17-18,26,30H,5-6,9-16,19-22H2,1-4H3,(H,38,43)/t26-,30+/m1/s1. The number of aromatic nitrogens is 1. The number of fused-ring (bicyclic) bond motifs is 1. The number of aromatic amines is 1. The van der Waals surface area contributed by atoms with Crippen LogP contribution in [0, 0.1) is 11.6 Å². The Morgan fingerprint density at radius 3 is 2.64 bits per heavy atom. The van der Waals surface area contributed by atoms with Gasteiger partial charge in [-0.15, -0.1) is 0 Å². The minimum Gasteiger partial charge on any atom is -0.444 e. The van der Waals surface area contributed by atoms with E-state index in [0.29, 0.717) is 57.8 Å². The first-order valence-electron chi connectivity index (χ1n) is 16.9. The summed E-state index contributed by atoms with van der Waals surface area (Å²) in [5.74, 6) is -1.17. The number of pyridine rings is 1. The number of likely N-dealkylation sites (tertiary alicyclic amines) is 1. The molecule has 10 nitrogen and oxygen atoms in total. The van der Waals surface area contributed by atoms with Crippen molar-refractivity contribution in [1.82, 2.24) is 24.6 Å². The van der Waals surface area contributed by atoms with Gasteiger partial charge in [0.25, 0.3) is 5.56 Å². The third-order valence-electron chi connectivity index (χ3n) is 10.4. The molecule has 2 aromatic rings. The Bertz CT molecular complexity index is 1550. The van der Waals surface area contributed by atoms with Gasteiger partial charge in [-0.1, -0.05) is 12.8 Å². The SMILES string of the molecule is CN(C(=O)OC(C)(C)C)[C@@H]1CCN(C(=O)N2CCN(Cc3cc4c([nH]c3=O)CCOC4)C3(CCCC3)C2)[C@H](c2cc(F)ccc2F)C1. The Morgan fingerprint density at radius 2 is 1.89 bits per heavy atom. The van der Waals surface area contributed by atoms with Crippen molar-refractivity contribution in [3.8, 4) is 0 Å². The summed E-state index contributed by atoms with van der Waals surface area (Å²) in [4.78, 5) is 50.9. The number of halogens is 2. The molecule has 47 heavy (non-hydrogen) atoms. The second-order valence-corrected chi connectivity index (χ2v) is 14.6. The van der Waals surface area contributed by atoms with Gasteiger partial charge >= 0.3 is 12.1 Å². The Labute approximate surface area is 275 Å². The van der Waals surface area contributed by atoms with Crippen LogP contribution in [0.5, 0.6) is 0 Å². The lowest BCUT2D eigenvalue weighted by Gasteiger charge is -2.51. The molecule has 1 aromatic heterocycles. The molecule has 4 aliphatic rings. The molecule has 0 radical (unpaired) electrons. The van der Waals surface area contributed by atoms with Gasteiger partial charge < -0.3 is 29.2 Å². The van der Waals surface area contributed by atoms with Crippen molar-refractivity contribution in [2.45, 2.75) is 102 Å². The predicted molar refractivity (Wildman–Crippen MR) is 172 cm³/mol. The Morgan fingerprint density at radius 1 is 1.13 bits per heavy atom. The number of hydrogen-bond donors (Lipinski definition) is 1. The van der Waals surface area contributed by atoms with Crippen molar-refractivity contribution in [3.63, 3.8) is 0 Å². The third kappa shape index (κ3) is 7.04. The van der Waals surface area contributed by atoms with E-state index >= 15 is 4.39 Å². The van der Waals surface area contributed by atoms with Crippen LogP contribution in [0.15, 0.2) is 29.1 Å². The van der Waals surface area contributed by atoms with Crippen LogP contribution in [0.4, 0.5) is 18.4 Å². The van der Waals surface area contributed by atoms with Crippen LogP contribution >= 0.6 is 0 Å². The lowest BCUT2D eigenvalue weighted by Crippen LogP contribution is -2.64. The zero-order chi connectivity index (χ0) is 33.5. The molecule has 0 unspecified atom stereocenters. The molecule has 6 rings (SSSR count). The normalized spacial score (nSPS) is 23.1. The van der Waals surface area contributed by atoms with Gasteiger partial charge in [0.2, 0.25) is 0 Å². The number of hydrogen-bond acceptors (Lipinski definition) is 6. The second kappa shape index (κ2) is 13.2. The van der Waals surface area contributed by atoms with Crippen LogP contribution in [0.1, 0.15) is 87.7 Å². The molecule has 0 bridgehead atoms. The first kappa shape index (κ1) is 33.4. The molecule has 1 aromatic carbocycles. The van der Waals surface area contributed by atoms with E-state index in [-0.39, 0.29) is 41.7 Å². The largest absolute Gasteiger partial charge is 0.444 e. The number of ether oxygens (including phenoxy) is 2. The fraction of sp³-hybridized carbons (Fsp3) is 0.629. The summed E-state index contributed by atoms with van der Waals surface area (Å²) in [6.07, 6.45) is 4.82. The van der Waals surface area contributed by atoms with E-state index in [1.165, 1.54) is 4.90 Å². The van der Waals surface area contributed by atoms with Gasteiger partial charge in [-0.3, -0.25) is 9.69 Å². The van der Waals surface area contributed by atoms with Crippen molar-refractivity contribution in [1.29, 1.82) is 0 Å². The first-order valence-corrected chi connectivity index (χ1v) is 16.9. The maximum atomic E-state index is 15.3. The molecular weight excluding hydrogens is 608 g/mol. The van der Waals surface area contributed by atoms with E-state index in [4.69, 9.17) is 9.47 Å². The topological polar surface area (TPSA) is 98.4 Å². The van der Waals surface area contributed by atoms with Gasteiger partial charge in [0.05, 0.1) is 19.3 Å². The highest BCUT2D eigenvalue weighted by atomic mass is 19.1. The van der Waals surface area contributed by atoms with Gasteiger partial charge in [0.15, 0.2) is 0 Å². The maximum Gasteiger partial charge on any atom is 0.410 e. The molecule has 1 aliphatic carbocycles. The lowest BCUT2D eigenvalue weighted by molar-refractivity contribution is -0.00815. The summed E-state index contributed by atoms with van der Waals surface area (Å²) in [5.41, 5.74) is 1.75. The Balaban J connectivity index is 1.22. The van der Waals surface area contributed by atoms with E-state index in [1.807, 2.05) is 11.0 Å². The number of nitrogens with one attached hydrogen (secondary N) is 1. The van der Waals surface area contributed by atoms with E-state index < -0.39 is 29.4 Å². The van der Waals surface area contributed by atoms with Gasteiger partial charge in [0.1, 0.15) is 17.2 Å². The molecule has 1 saturated carbocycles. The summed E-state index contributed by atoms with van der Waals surface area (Å²) in [5, 5.41) is 0. The Kier molecular flexibility index (Phi) is 9.37. The minimum atomic E-state index is -0.768. The van der Waals surface area contributed by atoms with Crippen molar-refractivity contribution >= 4 is 12.1 Å². The number of urea groups is 1. The molecular formula is C35H47F2N5O5. The van der Waals surface area contributed by atoms with Crippen LogP contribution in [0.2, 0.25) is 0 Å². The quantitative estimate of drug-likeness (QED) is 0.477. The molecule has 2 saturated heterocycles. The van der Waals surface area contributed by atoms with Crippen LogP contribution in [-0.4, -0.2) is 93.7 Å². The average Bonchev–Trinajstić information content (AvgIpc) is 3.50. The number of nitrogens with zero attached hydrogens (tertiary/aromatic N) is 4.